The van der Waals surface area contributed by atoms with Crippen LogP contribution in [0.4, 0.5) is 0 Å². The van der Waals surface area contributed by atoms with Gasteiger partial charge in [-0.05, 0) is 19.3 Å². The summed E-state index contributed by atoms with van der Waals surface area (Å²) in [7, 11) is 0. The number of nitrogens with zero attached hydrogens (tertiary/aromatic N) is 2. The number of piperazine rings is 1. The molecule has 0 bridgehead atoms. The summed E-state index contributed by atoms with van der Waals surface area (Å²) in [5.41, 5.74) is 5.94. The summed E-state index contributed by atoms with van der Waals surface area (Å²) < 4.78 is 0. The van der Waals surface area contributed by atoms with Gasteiger partial charge in [-0.15, -0.1) is 0 Å². The number of hydrogen-bond donors (Lipinski definition) is 1. The number of amides is 1. The number of hydrogen-bond acceptors (Lipinski definition) is 3. The summed E-state index contributed by atoms with van der Waals surface area (Å²) in [5.74, 6) is 0.161. The quantitative estimate of drug-likeness (QED) is 0.772. The molecule has 2 aliphatic rings. The number of nitrogens with two attached hydrogens (primary N) is 1. The Morgan fingerprint density at radius 1 is 1.29 bits per heavy atom. The topological polar surface area (TPSA) is 49.6 Å². The highest BCUT2D eigenvalue weighted by Crippen LogP contribution is 2.27. The normalized spacial score (nSPS) is 23.8. The second-order valence-corrected chi connectivity index (χ2v) is 5.34. The number of rotatable bonds is 5. The van der Waals surface area contributed by atoms with Crippen LogP contribution in [0.15, 0.2) is 0 Å². The molecule has 1 saturated carbocycles. The molecule has 0 radical (unpaired) electrons. The summed E-state index contributed by atoms with van der Waals surface area (Å²) in [6, 6.07) is 0.545. The fourth-order valence-electron chi connectivity index (χ4n) is 2.53. The minimum atomic E-state index is -0.276. The second kappa shape index (κ2) is 5.83. The van der Waals surface area contributed by atoms with Crippen molar-refractivity contribution < 1.29 is 4.79 Å². The molecule has 4 nitrogen and oxygen atoms in total. The molecule has 1 atom stereocenters. The van der Waals surface area contributed by atoms with Crippen molar-refractivity contribution in [3.8, 4) is 0 Å². The van der Waals surface area contributed by atoms with Gasteiger partial charge in [0.15, 0.2) is 0 Å². The molecule has 1 aliphatic carbocycles. The molecule has 17 heavy (non-hydrogen) atoms. The van der Waals surface area contributed by atoms with Crippen LogP contribution in [0.5, 0.6) is 0 Å². The van der Waals surface area contributed by atoms with Gasteiger partial charge in [0.05, 0.1) is 6.04 Å². The van der Waals surface area contributed by atoms with Gasteiger partial charge < -0.3 is 10.6 Å². The summed E-state index contributed by atoms with van der Waals surface area (Å²) in [4.78, 5) is 16.6. The first kappa shape index (κ1) is 12.8. The van der Waals surface area contributed by atoms with Crippen LogP contribution >= 0.6 is 0 Å². The fourth-order valence-corrected chi connectivity index (χ4v) is 2.53. The van der Waals surface area contributed by atoms with Gasteiger partial charge >= 0.3 is 0 Å². The monoisotopic (exact) mass is 239 g/mol. The van der Waals surface area contributed by atoms with E-state index in [2.05, 4.69) is 11.8 Å². The van der Waals surface area contributed by atoms with Crippen molar-refractivity contribution in [2.45, 2.75) is 51.1 Å². The first-order valence-electron chi connectivity index (χ1n) is 7.00. The van der Waals surface area contributed by atoms with Gasteiger partial charge in [0.2, 0.25) is 5.91 Å². The summed E-state index contributed by atoms with van der Waals surface area (Å²) in [5, 5.41) is 0. The standard InChI is InChI=1S/C13H25N3O/c1-2-3-4-12(14)13(17)16-9-7-15(8-10-16)11-5-6-11/h11-12H,2-10,14H2,1H3. The van der Waals surface area contributed by atoms with Crippen LogP contribution in [-0.4, -0.2) is 54.0 Å². The van der Waals surface area contributed by atoms with E-state index in [1.165, 1.54) is 12.8 Å². The molecular weight excluding hydrogens is 214 g/mol. The Morgan fingerprint density at radius 3 is 2.47 bits per heavy atom. The third-order valence-electron chi connectivity index (χ3n) is 3.88. The van der Waals surface area contributed by atoms with Crippen molar-refractivity contribution in [1.29, 1.82) is 0 Å². The lowest BCUT2D eigenvalue weighted by molar-refractivity contribution is -0.134. The largest absolute Gasteiger partial charge is 0.339 e. The van der Waals surface area contributed by atoms with Crippen molar-refractivity contribution in [3.05, 3.63) is 0 Å². The van der Waals surface area contributed by atoms with Crippen LogP contribution in [0.25, 0.3) is 0 Å². The van der Waals surface area contributed by atoms with Gasteiger partial charge in [0.25, 0.3) is 0 Å². The summed E-state index contributed by atoms with van der Waals surface area (Å²) >= 11 is 0. The molecule has 1 saturated heterocycles. The SMILES string of the molecule is CCCCC(N)C(=O)N1CCN(C2CC2)CC1. The van der Waals surface area contributed by atoms with Crippen LogP contribution < -0.4 is 5.73 Å². The predicted molar refractivity (Wildman–Crippen MR) is 68.7 cm³/mol. The maximum absolute atomic E-state index is 12.1. The number of carbonyl (C=O) groups excluding carboxylic acids is 1. The molecule has 1 heterocycles. The van der Waals surface area contributed by atoms with Crippen LogP contribution in [-0.2, 0) is 4.79 Å². The molecule has 98 valence electrons. The molecule has 4 heteroatoms. The number of carbonyl (C=O) groups is 1. The van der Waals surface area contributed by atoms with Crippen LogP contribution in [0.1, 0.15) is 39.0 Å². The maximum Gasteiger partial charge on any atom is 0.239 e. The zero-order valence-corrected chi connectivity index (χ0v) is 10.9. The Bertz CT molecular complexity index is 257. The zero-order chi connectivity index (χ0) is 12.3. The molecule has 0 aromatic carbocycles. The predicted octanol–water partition coefficient (Wildman–Crippen LogP) is 0.811. The molecule has 1 aliphatic heterocycles. The van der Waals surface area contributed by atoms with E-state index in [0.29, 0.717) is 0 Å². The van der Waals surface area contributed by atoms with Crippen LogP contribution in [0.2, 0.25) is 0 Å². The van der Waals surface area contributed by atoms with Crippen molar-refractivity contribution in [3.63, 3.8) is 0 Å². The van der Waals surface area contributed by atoms with E-state index in [0.717, 1.165) is 51.5 Å². The Balaban J connectivity index is 1.73. The Morgan fingerprint density at radius 2 is 1.94 bits per heavy atom. The lowest BCUT2D eigenvalue weighted by Crippen LogP contribution is -2.53. The Labute approximate surface area is 104 Å². The van der Waals surface area contributed by atoms with Gasteiger partial charge in [-0.1, -0.05) is 19.8 Å². The first-order valence-corrected chi connectivity index (χ1v) is 7.00. The van der Waals surface area contributed by atoms with Crippen molar-refractivity contribution in [2.24, 2.45) is 5.73 Å². The average molecular weight is 239 g/mol. The molecule has 2 fully saturated rings. The van der Waals surface area contributed by atoms with E-state index in [1.807, 2.05) is 4.90 Å². The van der Waals surface area contributed by atoms with Gasteiger partial charge in [-0.25, -0.2) is 0 Å². The van der Waals surface area contributed by atoms with Crippen LogP contribution in [0, 0.1) is 0 Å². The second-order valence-electron chi connectivity index (χ2n) is 5.34. The Kier molecular flexibility index (Phi) is 4.40. The highest BCUT2D eigenvalue weighted by atomic mass is 16.2. The maximum atomic E-state index is 12.1. The van der Waals surface area contributed by atoms with Gasteiger partial charge in [-0.3, -0.25) is 9.69 Å². The average Bonchev–Trinajstić information content (AvgIpc) is 3.19. The minimum Gasteiger partial charge on any atom is -0.339 e. The lowest BCUT2D eigenvalue weighted by atomic mass is 10.1. The van der Waals surface area contributed by atoms with Gasteiger partial charge in [0, 0.05) is 32.2 Å². The third kappa shape index (κ3) is 3.42. The van der Waals surface area contributed by atoms with Crippen molar-refractivity contribution in [1.82, 2.24) is 9.80 Å². The fraction of sp³-hybridized carbons (Fsp3) is 0.923. The molecule has 0 aromatic heterocycles. The van der Waals surface area contributed by atoms with Gasteiger partial charge in [0.1, 0.15) is 0 Å². The third-order valence-corrected chi connectivity index (χ3v) is 3.88. The number of unbranched alkanes of at least 4 members (excludes halogenated alkanes) is 1. The van der Waals surface area contributed by atoms with E-state index < -0.39 is 0 Å². The smallest absolute Gasteiger partial charge is 0.239 e. The molecule has 0 spiro atoms. The molecule has 1 unspecified atom stereocenters. The van der Waals surface area contributed by atoms with E-state index in [9.17, 15) is 4.79 Å². The highest BCUT2D eigenvalue weighted by Gasteiger charge is 2.32. The van der Waals surface area contributed by atoms with E-state index >= 15 is 0 Å². The van der Waals surface area contributed by atoms with Crippen LogP contribution in [0.3, 0.4) is 0 Å². The summed E-state index contributed by atoms with van der Waals surface area (Å²) in [6.45, 7) is 5.95. The molecular formula is C13H25N3O. The molecule has 0 aromatic rings. The van der Waals surface area contributed by atoms with Gasteiger partial charge in [-0.2, -0.15) is 0 Å². The zero-order valence-electron chi connectivity index (χ0n) is 10.9. The molecule has 2 N–H and O–H groups in total. The molecule has 1 amide bonds. The lowest BCUT2D eigenvalue weighted by Gasteiger charge is -2.36. The minimum absolute atomic E-state index is 0.161. The Hall–Kier alpha value is -0.610. The van der Waals surface area contributed by atoms with Crippen molar-refractivity contribution in [2.75, 3.05) is 26.2 Å². The summed E-state index contributed by atoms with van der Waals surface area (Å²) in [6.07, 6.45) is 5.69. The van der Waals surface area contributed by atoms with E-state index in [4.69, 9.17) is 5.73 Å². The first-order chi connectivity index (χ1) is 8.22. The van der Waals surface area contributed by atoms with E-state index in [1.54, 1.807) is 0 Å². The molecule has 2 rings (SSSR count). The highest BCUT2D eigenvalue weighted by molar-refractivity contribution is 5.81. The van der Waals surface area contributed by atoms with E-state index in [-0.39, 0.29) is 11.9 Å². The van der Waals surface area contributed by atoms with Crippen molar-refractivity contribution >= 4 is 5.91 Å².